The van der Waals surface area contributed by atoms with Crippen LogP contribution in [0.3, 0.4) is 0 Å². The molecule has 0 spiro atoms. The number of hydrogen-bond donors (Lipinski definition) is 1. The average Bonchev–Trinajstić information content (AvgIpc) is 1.83. The summed E-state index contributed by atoms with van der Waals surface area (Å²) in [7, 11) is 0. The summed E-state index contributed by atoms with van der Waals surface area (Å²) in [4.78, 5) is 20.5. The molecule has 0 aliphatic rings. The smallest absolute Gasteiger partial charge is 0.217 e. The van der Waals surface area contributed by atoms with Crippen LogP contribution in [0, 0.1) is 0 Å². The molecular weight excluding hydrogens is 138 g/mol. The second-order valence-electron chi connectivity index (χ2n) is 1.49. The van der Waals surface area contributed by atoms with Crippen molar-refractivity contribution in [3.05, 3.63) is 0 Å². The highest BCUT2D eigenvalue weighted by Crippen LogP contribution is 1.64. The van der Waals surface area contributed by atoms with Crippen LogP contribution in [-0.2, 0) is 9.59 Å². The first-order chi connectivity index (χ1) is 4.16. The van der Waals surface area contributed by atoms with Gasteiger partial charge < -0.3 is 5.32 Å². The van der Waals surface area contributed by atoms with Crippen LogP contribution in [-0.4, -0.2) is 23.6 Å². The Morgan fingerprint density at radius 2 is 2.22 bits per heavy atom. The summed E-state index contributed by atoms with van der Waals surface area (Å²) in [6.45, 7) is 1.36. The van der Waals surface area contributed by atoms with E-state index in [2.05, 4.69) is 17.5 Å². The van der Waals surface area contributed by atoms with Crippen LogP contribution in [0.25, 0.3) is 0 Å². The number of rotatable bonds is 3. The second kappa shape index (κ2) is 4.14. The van der Waals surface area contributed by atoms with Crippen molar-refractivity contribution in [3.63, 3.8) is 0 Å². The molecular formula is C5H7NO2S. The maximum absolute atomic E-state index is 10.3. The standard InChI is InChI=1S/C5H7NO2S/c1-4(7)6-2-5(8)3-9/h3H,2H2,1H3,(H,6,7). The molecule has 0 saturated carbocycles. The van der Waals surface area contributed by atoms with Gasteiger partial charge in [0.25, 0.3) is 0 Å². The predicted molar refractivity (Wildman–Crippen MR) is 37.3 cm³/mol. The highest BCUT2D eigenvalue weighted by Gasteiger charge is 1.95. The van der Waals surface area contributed by atoms with Gasteiger partial charge in [-0.05, 0) is 0 Å². The summed E-state index contributed by atoms with van der Waals surface area (Å²) in [5.41, 5.74) is 0. The summed E-state index contributed by atoms with van der Waals surface area (Å²) < 4.78 is 0. The fourth-order valence-corrected chi connectivity index (χ4v) is 0.337. The van der Waals surface area contributed by atoms with Crippen molar-refractivity contribution in [2.75, 3.05) is 6.54 Å². The number of carbonyl (C=O) groups is 2. The molecule has 0 aromatic heterocycles. The van der Waals surface area contributed by atoms with Crippen molar-refractivity contribution < 1.29 is 9.59 Å². The van der Waals surface area contributed by atoms with Gasteiger partial charge in [0, 0.05) is 12.3 Å². The predicted octanol–water partition coefficient (Wildman–Crippen LogP) is -0.309. The van der Waals surface area contributed by atoms with Gasteiger partial charge in [0.15, 0.2) is 5.78 Å². The molecule has 0 atom stereocenters. The summed E-state index contributed by atoms with van der Waals surface area (Å²) in [5.74, 6) is -0.472. The molecule has 0 aromatic carbocycles. The normalized spacial score (nSPS) is 8.11. The molecule has 0 rings (SSSR count). The maximum atomic E-state index is 10.3. The summed E-state index contributed by atoms with van der Waals surface area (Å²) in [6.07, 6.45) is 0. The first-order valence-corrected chi connectivity index (χ1v) is 2.86. The molecule has 4 heteroatoms. The van der Waals surface area contributed by atoms with Crippen LogP contribution in [0.4, 0.5) is 0 Å². The van der Waals surface area contributed by atoms with Gasteiger partial charge in [-0.15, -0.1) is 0 Å². The molecule has 0 aliphatic heterocycles. The van der Waals surface area contributed by atoms with Gasteiger partial charge in [-0.3, -0.25) is 9.59 Å². The van der Waals surface area contributed by atoms with E-state index in [1.807, 2.05) is 0 Å². The molecule has 1 amide bonds. The number of hydrogen-bond acceptors (Lipinski definition) is 3. The fourth-order valence-electron chi connectivity index (χ4n) is 0.253. The molecule has 0 saturated heterocycles. The van der Waals surface area contributed by atoms with E-state index >= 15 is 0 Å². The molecule has 0 fully saturated rings. The molecule has 0 aromatic rings. The Bertz CT molecular complexity index is 144. The van der Waals surface area contributed by atoms with E-state index in [0.29, 0.717) is 0 Å². The van der Waals surface area contributed by atoms with E-state index in [1.165, 1.54) is 6.92 Å². The number of ketones is 1. The van der Waals surface area contributed by atoms with E-state index in [-0.39, 0.29) is 18.2 Å². The Balaban J connectivity index is 3.39. The van der Waals surface area contributed by atoms with Crippen LogP contribution >= 0.6 is 12.2 Å². The van der Waals surface area contributed by atoms with Gasteiger partial charge >= 0.3 is 0 Å². The third kappa shape index (κ3) is 5.10. The number of Topliss-reactive ketones (excluding diaryl/α,β-unsaturated/α-hetero) is 1. The van der Waals surface area contributed by atoms with Crippen LogP contribution in [0.5, 0.6) is 0 Å². The molecule has 0 radical (unpaired) electrons. The first-order valence-electron chi connectivity index (χ1n) is 2.39. The Morgan fingerprint density at radius 3 is 2.56 bits per heavy atom. The molecule has 1 N–H and O–H groups in total. The van der Waals surface area contributed by atoms with Gasteiger partial charge in [-0.1, -0.05) is 12.2 Å². The van der Waals surface area contributed by atoms with E-state index in [1.54, 1.807) is 0 Å². The average molecular weight is 145 g/mol. The van der Waals surface area contributed by atoms with Crippen molar-refractivity contribution in [2.24, 2.45) is 0 Å². The van der Waals surface area contributed by atoms with Crippen molar-refractivity contribution in [1.82, 2.24) is 5.32 Å². The molecule has 0 bridgehead atoms. The summed E-state index contributed by atoms with van der Waals surface area (Å²) in [6, 6.07) is 0. The zero-order chi connectivity index (χ0) is 7.28. The Hall–Kier alpha value is -0.770. The van der Waals surface area contributed by atoms with E-state index in [9.17, 15) is 9.59 Å². The Labute approximate surface area is 58.4 Å². The summed E-state index contributed by atoms with van der Waals surface area (Å²) >= 11 is 4.30. The van der Waals surface area contributed by atoms with Gasteiger partial charge in [0.2, 0.25) is 5.91 Å². The van der Waals surface area contributed by atoms with Crippen molar-refractivity contribution in [1.29, 1.82) is 0 Å². The maximum Gasteiger partial charge on any atom is 0.217 e. The summed E-state index contributed by atoms with van der Waals surface area (Å²) in [5, 5.41) is 3.32. The van der Waals surface area contributed by atoms with Crippen molar-refractivity contribution in [2.45, 2.75) is 6.92 Å². The largest absolute Gasteiger partial charge is 0.349 e. The number of thiocarbonyl (C=S) groups is 1. The van der Waals surface area contributed by atoms with Gasteiger partial charge in [-0.25, -0.2) is 0 Å². The van der Waals surface area contributed by atoms with Crippen LogP contribution in [0.2, 0.25) is 0 Å². The van der Waals surface area contributed by atoms with Crippen LogP contribution in [0.15, 0.2) is 0 Å². The lowest BCUT2D eigenvalue weighted by Gasteiger charge is -1.93. The minimum Gasteiger partial charge on any atom is -0.349 e. The van der Waals surface area contributed by atoms with E-state index in [0.717, 1.165) is 5.37 Å². The van der Waals surface area contributed by atoms with Crippen molar-refractivity contribution in [3.8, 4) is 0 Å². The van der Waals surface area contributed by atoms with Crippen molar-refractivity contribution >= 4 is 29.3 Å². The lowest BCUT2D eigenvalue weighted by atomic mass is 10.4. The zero-order valence-corrected chi connectivity index (χ0v) is 5.83. The molecule has 9 heavy (non-hydrogen) atoms. The molecule has 0 unspecified atom stereocenters. The zero-order valence-electron chi connectivity index (χ0n) is 5.01. The highest BCUT2D eigenvalue weighted by atomic mass is 32.1. The van der Waals surface area contributed by atoms with Gasteiger partial charge in [-0.2, -0.15) is 0 Å². The molecule has 3 nitrogen and oxygen atoms in total. The minimum atomic E-state index is -0.250. The topological polar surface area (TPSA) is 46.2 Å². The lowest BCUT2D eigenvalue weighted by Crippen LogP contribution is -2.27. The quantitative estimate of drug-likeness (QED) is 0.554. The monoisotopic (exact) mass is 145 g/mol. The van der Waals surface area contributed by atoms with Crippen LogP contribution in [0.1, 0.15) is 6.92 Å². The molecule has 50 valence electrons. The lowest BCUT2D eigenvalue weighted by molar-refractivity contribution is -0.121. The van der Waals surface area contributed by atoms with Gasteiger partial charge in [0.1, 0.15) is 0 Å². The van der Waals surface area contributed by atoms with Crippen LogP contribution < -0.4 is 5.32 Å². The molecule has 0 aliphatic carbocycles. The fraction of sp³-hybridized carbons (Fsp3) is 0.400. The van der Waals surface area contributed by atoms with Gasteiger partial charge in [0.05, 0.1) is 6.54 Å². The number of nitrogens with one attached hydrogen (secondary N) is 1. The highest BCUT2D eigenvalue weighted by molar-refractivity contribution is 7.80. The Kier molecular flexibility index (Phi) is 3.79. The SMILES string of the molecule is CC(=O)NCC(=O)C=S. The molecule has 0 heterocycles. The number of amides is 1. The third-order valence-electron chi connectivity index (χ3n) is 0.643. The second-order valence-corrected chi connectivity index (χ2v) is 1.73. The minimum absolute atomic E-state index is 0.0127. The Morgan fingerprint density at radius 1 is 1.67 bits per heavy atom. The van der Waals surface area contributed by atoms with E-state index in [4.69, 9.17) is 0 Å². The number of carbonyl (C=O) groups excluding carboxylic acids is 2. The van der Waals surface area contributed by atoms with E-state index < -0.39 is 0 Å². The first kappa shape index (κ1) is 8.23. The third-order valence-corrected chi connectivity index (χ3v) is 0.906.